The molecule has 1 amide bonds. The first-order valence-electron chi connectivity index (χ1n) is 8.34. The molecule has 0 bridgehead atoms. The highest BCUT2D eigenvalue weighted by atomic mass is 16.5. The third kappa shape index (κ3) is 4.70. The van der Waals surface area contributed by atoms with Crippen molar-refractivity contribution >= 4 is 28.8 Å². The average Bonchev–Trinajstić information content (AvgIpc) is 2.69. The fourth-order valence-corrected chi connectivity index (χ4v) is 2.45. The van der Waals surface area contributed by atoms with Gasteiger partial charge in [-0.1, -0.05) is 6.07 Å². The van der Waals surface area contributed by atoms with Crippen LogP contribution in [0.1, 0.15) is 27.8 Å². The molecule has 136 valence electrons. The summed E-state index contributed by atoms with van der Waals surface area (Å²) in [6.07, 6.45) is 1.59. The van der Waals surface area contributed by atoms with Gasteiger partial charge in [0.05, 0.1) is 19.0 Å². The molecule has 3 aromatic rings. The second-order valence-corrected chi connectivity index (χ2v) is 5.88. The van der Waals surface area contributed by atoms with E-state index in [1.165, 1.54) is 6.92 Å². The molecule has 2 aromatic carbocycles. The van der Waals surface area contributed by atoms with Crippen LogP contribution in [-0.2, 0) is 0 Å². The highest BCUT2D eigenvalue weighted by molar-refractivity contribution is 6.03. The molecule has 0 unspecified atom stereocenters. The van der Waals surface area contributed by atoms with Crippen LogP contribution in [0.4, 0.5) is 17.1 Å². The zero-order chi connectivity index (χ0) is 19.2. The van der Waals surface area contributed by atoms with E-state index < -0.39 is 0 Å². The number of ketones is 1. The number of nitrogens with zero attached hydrogens (tertiary/aromatic N) is 1. The minimum absolute atomic E-state index is 0.0198. The first-order chi connectivity index (χ1) is 13.0. The maximum Gasteiger partial charge on any atom is 0.274 e. The van der Waals surface area contributed by atoms with E-state index in [1.54, 1.807) is 49.7 Å². The van der Waals surface area contributed by atoms with Gasteiger partial charge in [0.1, 0.15) is 11.4 Å². The van der Waals surface area contributed by atoms with Crippen molar-refractivity contribution < 1.29 is 14.3 Å². The monoisotopic (exact) mass is 361 g/mol. The van der Waals surface area contributed by atoms with Crippen molar-refractivity contribution in [3.8, 4) is 5.75 Å². The van der Waals surface area contributed by atoms with Crippen LogP contribution in [0.15, 0.2) is 66.9 Å². The van der Waals surface area contributed by atoms with Crippen molar-refractivity contribution in [2.75, 3.05) is 17.7 Å². The Labute approximate surface area is 157 Å². The molecular formula is C21H19N3O3. The molecule has 0 saturated carbocycles. The molecule has 0 aliphatic carbocycles. The van der Waals surface area contributed by atoms with Crippen molar-refractivity contribution in [1.29, 1.82) is 0 Å². The summed E-state index contributed by atoms with van der Waals surface area (Å²) >= 11 is 0. The highest BCUT2D eigenvalue weighted by Gasteiger charge is 2.08. The van der Waals surface area contributed by atoms with E-state index in [-0.39, 0.29) is 11.7 Å². The van der Waals surface area contributed by atoms with E-state index in [0.29, 0.717) is 16.9 Å². The lowest BCUT2D eigenvalue weighted by Crippen LogP contribution is -2.13. The van der Waals surface area contributed by atoms with Crippen molar-refractivity contribution in [1.82, 2.24) is 4.98 Å². The molecule has 3 rings (SSSR count). The van der Waals surface area contributed by atoms with Crippen LogP contribution in [-0.4, -0.2) is 23.8 Å². The van der Waals surface area contributed by atoms with E-state index in [1.807, 2.05) is 24.3 Å². The van der Waals surface area contributed by atoms with Gasteiger partial charge in [0, 0.05) is 23.0 Å². The normalized spacial score (nSPS) is 10.1. The minimum Gasteiger partial charge on any atom is -0.497 e. The van der Waals surface area contributed by atoms with Crippen LogP contribution in [0.3, 0.4) is 0 Å². The molecule has 0 aliphatic rings. The number of Topliss-reactive ketones (excluding diaryl/α,β-unsaturated/α-hetero) is 1. The van der Waals surface area contributed by atoms with Gasteiger partial charge in [0.15, 0.2) is 5.78 Å². The van der Waals surface area contributed by atoms with Gasteiger partial charge in [-0.2, -0.15) is 0 Å². The van der Waals surface area contributed by atoms with Gasteiger partial charge in [-0.05, 0) is 55.5 Å². The Morgan fingerprint density at radius 2 is 1.67 bits per heavy atom. The predicted molar refractivity (Wildman–Crippen MR) is 105 cm³/mol. The van der Waals surface area contributed by atoms with Gasteiger partial charge in [0.25, 0.3) is 5.91 Å². The highest BCUT2D eigenvalue weighted by Crippen LogP contribution is 2.21. The Kier molecular flexibility index (Phi) is 5.47. The quantitative estimate of drug-likeness (QED) is 0.640. The number of nitrogens with one attached hydrogen (secondary N) is 2. The molecule has 0 saturated heterocycles. The molecule has 2 N–H and O–H groups in total. The molecule has 0 radical (unpaired) electrons. The lowest BCUT2D eigenvalue weighted by Gasteiger charge is -2.09. The summed E-state index contributed by atoms with van der Waals surface area (Å²) in [4.78, 5) is 27.8. The fraction of sp³-hybridized carbons (Fsp3) is 0.0952. The van der Waals surface area contributed by atoms with Crippen molar-refractivity contribution in [3.63, 3.8) is 0 Å². The SMILES string of the molecule is COc1cccc(Nc2ccc(C(=O)Nc3ccc(C(C)=O)cc3)nc2)c1. The van der Waals surface area contributed by atoms with Gasteiger partial charge < -0.3 is 15.4 Å². The molecule has 0 atom stereocenters. The maximum absolute atomic E-state index is 12.3. The van der Waals surface area contributed by atoms with E-state index >= 15 is 0 Å². The minimum atomic E-state index is -0.321. The van der Waals surface area contributed by atoms with Crippen molar-refractivity contribution in [2.45, 2.75) is 6.92 Å². The summed E-state index contributed by atoms with van der Waals surface area (Å²) in [6.45, 7) is 1.50. The summed E-state index contributed by atoms with van der Waals surface area (Å²) in [5.41, 5.74) is 3.11. The first kappa shape index (κ1) is 18.1. The van der Waals surface area contributed by atoms with E-state index in [2.05, 4.69) is 15.6 Å². The number of anilines is 3. The van der Waals surface area contributed by atoms with Crippen molar-refractivity contribution in [3.05, 3.63) is 78.1 Å². The smallest absolute Gasteiger partial charge is 0.274 e. The third-order valence-corrected chi connectivity index (χ3v) is 3.90. The standard InChI is InChI=1S/C21H19N3O3/c1-14(25)15-6-8-16(9-7-15)24-21(26)20-11-10-18(13-22-20)23-17-4-3-5-19(12-17)27-2/h3-13,23H,1-2H3,(H,24,26). The number of carbonyl (C=O) groups excluding carboxylic acids is 2. The molecule has 1 aromatic heterocycles. The Balaban J connectivity index is 1.65. The van der Waals surface area contributed by atoms with E-state index in [0.717, 1.165) is 17.1 Å². The van der Waals surface area contributed by atoms with E-state index in [4.69, 9.17) is 4.74 Å². The Morgan fingerprint density at radius 1 is 0.926 bits per heavy atom. The number of carbonyl (C=O) groups is 2. The first-order valence-corrected chi connectivity index (χ1v) is 8.34. The Morgan fingerprint density at radius 3 is 2.30 bits per heavy atom. The molecule has 0 spiro atoms. The fourth-order valence-electron chi connectivity index (χ4n) is 2.45. The number of pyridine rings is 1. The van der Waals surface area contributed by atoms with Crippen LogP contribution in [0.25, 0.3) is 0 Å². The molecule has 6 heteroatoms. The van der Waals surface area contributed by atoms with Crippen LogP contribution >= 0.6 is 0 Å². The molecule has 6 nitrogen and oxygen atoms in total. The number of methoxy groups -OCH3 is 1. The molecule has 1 heterocycles. The van der Waals surface area contributed by atoms with Crippen LogP contribution in [0.5, 0.6) is 5.75 Å². The van der Waals surface area contributed by atoms with Gasteiger partial charge >= 0.3 is 0 Å². The average molecular weight is 361 g/mol. The second kappa shape index (κ2) is 8.14. The number of aromatic nitrogens is 1. The van der Waals surface area contributed by atoms with Gasteiger partial charge in [-0.25, -0.2) is 4.98 Å². The van der Waals surface area contributed by atoms with Gasteiger partial charge in [-0.15, -0.1) is 0 Å². The number of hydrogen-bond acceptors (Lipinski definition) is 5. The van der Waals surface area contributed by atoms with Crippen LogP contribution in [0.2, 0.25) is 0 Å². The van der Waals surface area contributed by atoms with Crippen LogP contribution in [0, 0.1) is 0 Å². The van der Waals surface area contributed by atoms with E-state index in [9.17, 15) is 9.59 Å². The topological polar surface area (TPSA) is 80.3 Å². The van der Waals surface area contributed by atoms with Crippen LogP contribution < -0.4 is 15.4 Å². The summed E-state index contributed by atoms with van der Waals surface area (Å²) in [7, 11) is 1.61. The number of rotatable bonds is 6. The maximum atomic E-state index is 12.3. The number of amides is 1. The van der Waals surface area contributed by atoms with Crippen molar-refractivity contribution in [2.24, 2.45) is 0 Å². The molecular weight excluding hydrogens is 342 g/mol. The summed E-state index contributed by atoms with van der Waals surface area (Å²) in [5, 5.41) is 5.96. The molecule has 0 fully saturated rings. The second-order valence-electron chi connectivity index (χ2n) is 5.88. The number of hydrogen-bond donors (Lipinski definition) is 2. The lowest BCUT2D eigenvalue weighted by atomic mass is 10.1. The van der Waals surface area contributed by atoms with Gasteiger partial charge in [0.2, 0.25) is 0 Å². The summed E-state index contributed by atoms with van der Waals surface area (Å²) in [6, 6.07) is 17.7. The summed E-state index contributed by atoms with van der Waals surface area (Å²) in [5.74, 6) is 0.409. The molecule has 27 heavy (non-hydrogen) atoms. The number of ether oxygens (including phenoxy) is 1. The summed E-state index contributed by atoms with van der Waals surface area (Å²) < 4.78 is 5.19. The lowest BCUT2D eigenvalue weighted by molar-refractivity contribution is 0.101. The largest absolute Gasteiger partial charge is 0.497 e. The Bertz CT molecular complexity index is 951. The third-order valence-electron chi connectivity index (χ3n) is 3.90. The Hall–Kier alpha value is -3.67. The zero-order valence-electron chi connectivity index (χ0n) is 15.0. The predicted octanol–water partition coefficient (Wildman–Crippen LogP) is 4.29. The number of benzene rings is 2. The zero-order valence-corrected chi connectivity index (χ0v) is 15.0. The van der Waals surface area contributed by atoms with Gasteiger partial charge in [-0.3, -0.25) is 9.59 Å². The molecule has 0 aliphatic heterocycles.